The van der Waals surface area contributed by atoms with Crippen LogP contribution in [0.5, 0.6) is 0 Å². The van der Waals surface area contributed by atoms with Gasteiger partial charge in [0.15, 0.2) is 0 Å². The second kappa shape index (κ2) is 6.75. The van der Waals surface area contributed by atoms with Gasteiger partial charge in [-0.25, -0.2) is 9.59 Å². The van der Waals surface area contributed by atoms with E-state index >= 15 is 0 Å². The molecule has 2 unspecified atom stereocenters. The Bertz CT molecular complexity index is 604. The fourth-order valence-corrected chi connectivity index (χ4v) is 3.24. The van der Waals surface area contributed by atoms with E-state index in [1.165, 1.54) is 0 Å². The molecule has 2 fully saturated rings. The van der Waals surface area contributed by atoms with Crippen LogP contribution in [-0.2, 0) is 14.4 Å². The number of nitrogens with one attached hydrogen (secondary N) is 1. The van der Waals surface area contributed by atoms with Gasteiger partial charge in [0.1, 0.15) is 18.7 Å². The van der Waals surface area contributed by atoms with Gasteiger partial charge in [-0.05, 0) is 19.4 Å². The largest absolute Gasteiger partial charge is 0.497 e. The molecule has 2 aliphatic rings. The Morgan fingerprint density at radius 1 is 1.33 bits per heavy atom. The molecular weight excluding hydrogens is 329 g/mol. The van der Waals surface area contributed by atoms with Crippen molar-refractivity contribution < 1.29 is 32.2 Å². The van der Waals surface area contributed by atoms with Crippen molar-refractivity contribution in [2.75, 3.05) is 13.1 Å². The van der Waals surface area contributed by atoms with Crippen LogP contribution in [0.4, 0.5) is 13.2 Å². The van der Waals surface area contributed by atoms with E-state index in [0.717, 1.165) is 0 Å². The lowest BCUT2D eigenvalue weighted by molar-refractivity contribution is -1.03. The fourth-order valence-electron chi connectivity index (χ4n) is 3.24. The molecule has 0 bridgehead atoms. The van der Waals surface area contributed by atoms with Gasteiger partial charge in [-0.1, -0.05) is 4.65 Å². The van der Waals surface area contributed by atoms with E-state index in [0.29, 0.717) is 19.4 Å². The second-order valence-corrected chi connectivity index (χ2v) is 5.95. The summed E-state index contributed by atoms with van der Waals surface area (Å²) in [6.45, 7) is 0.215. The highest BCUT2D eigenvalue weighted by atomic mass is 19.4. The summed E-state index contributed by atoms with van der Waals surface area (Å²) in [6.07, 6.45) is -4.24. The Morgan fingerprint density at radius 2 is 2.04 bits per heavy atom. The number of likely N-dealkylation sites (tertiary alicyclic amines) is 1. The van der Waals surface area contributed by atoms with Gasteiger partial charge in [-0.2, -0.15) is 23.7 Å². The van der Waals surface area contributed by atoms with Crippen LogP contribution in [0.2, 0.25) is 0 Å². The Balaban J connectivity index is 2.37. The summed E-state index contributed by atoms with van der Waals surface area (Å²) in [5.74, 6) is -3.77. The minimum absolute atomic E-state index is 0.0215. The number of carbonyl (C=O) groups is 2. The molecule has 10 heteroatoms. The van der Waals surface area contributed by atoms with Gasteiger partial charge in [-0.15, -0.1) is 0 Å². The van der Waals surface area contributed by atoms with E-state index < -0.39 is 40.7 Å². The first-order chi connectivity index (χ1) is 11.2. The van der Waals surface area contributed by atoms with Gasteiger partial charge in [0.25, 0.3) is 0 Å². The van der Waals surface area contributed by atoms with Crippen LogP contribution in [0.15, 0.2) is 0 Å². The Kier molecular flexibility index (Phi) is 5.11. The maximum Gasteiger partial charge on any atom is 0.497 e. The van der Waals surface area contributed by atoms with E-state index in [1.807, 2.05) is 6.07 Å². The van der Waals surface area contributed by atoms with Gasteiger partial charge < -0.3 is 5.32 Å². The molecule has 1 N–H and O–H groups in total. The van der Waals surface area contributed by atoms with Gasteiger partial charge in [0, 0.05) is 18.8 Å². The number of alkyl halides is 3. The van der Waals surface area contributed by atoms with Crippen molar-refractivity contribution in [2.24, 2.45) is 5.92 Å². The smallest absolute Gasteiger partial charge is 0.302 e. The lowest BCUT2D eigenvalue weighted by Gasteiger charge is -2.32. The van der Waals surface area contributed by atoms with Gasteiger partial charge in [-0.3, -0.25) is 4.84 Å². The SMILES string of the molecule is N#CC[C@H]1C[C@@H](C#N)[N+](OC(=O)C(F)(F)F)(C(=O)C2CCCN2)C1. The summed E-state index contributed by atoms with van der Waals surface area (Å²) >= 11 is 0. The molecule has 130 valence electrons. The first-order valence-corrected chi connectivity index (χ1v) is 7.47. The van der Waals surface area contributed by atoms with Crippen molar-refractivity contribution >= 4 is 11.9 Å². The molecule has 0 aromatic heterocycles. The van der Waals surface area contributed by atoms with E-state index in [-0.39, 0.29) is 19.4 Å². The molecule has 2 heterocycles. The number of hydroxylamine groups is 3. The summed E-state index contributed by atoms with van der Waals surface area (Å²) in [4.78, 5) is 28.7. The molecule has 7 nitrogen and oxygen atoms in total. The summed E-state index contributed by atoms with van der Waals surface area (Å²) in [6, 6.07) is 1.61. The average Bonchev–Trinajstić information content (AvgIpc) is 3.14. The van der Waals surface area contributed by atoms with Crippen LogP contribution < -0.4 is 5.32 Å². The molecule has 0 radical (unpaired) electrons. The normalized spacial score (nSPS) is 32.8. The third-order valence-corrected chi connectivity index (χ3v) is 4.33. The molecule has 0 saturated carbocycles. The van der Waals surface area contributed by atoms with Crippen LogP contribution >= 0.6 is 0 Å². The standard InChI is InChI=1S/C14H16F3N4O3/c15-14(16,17)13(23)24-21(12(22)11-2-1-5-20-11)8-9(3-4-18)6-10(21)7-19/h9-11,20H,1-3,5-6,8H2/q+1/t9-,10-,11?,21?/m0/s1. The second-order valence-electron chi connectivity index (χ2n) is 5.95. The number of amides is 1. The van der Waals surface area contributed by atoms with Gasteiger partial charge in [0.2, 0.25) is 6.04 Å². The highest BCUT2D eigenvalue weighted by molar-refractivity contribution is 5.79. The number of nitriles is 2. The predicted molar refractivity (Wildman–Crippen MR) is 71.0 cm³/mol. The molecule has 4 atom stereocenters. The highest BCUT2D eigenvalue weighted by Gasteiger charge is 2.61. The molecule has 1 amide bonds. The van der Waals surface area contributed by atoms with Gasteiger partial charge >= 0.3 is 18.1 Å². The summed E-state index contributed by atoms with van der Waals surface area (Å²) in [5, 5.41) is 20.9. The number of nitrogens with zero attached hydrogens (tertiary/aromatic N) is 3. The summed E-state index contributed by atoms with van der Waals surface area (Å²) in [7, 11) is 0. The number of halogens is 3. The van der Waals surface area contributed by atoms with Crippen LogP contribution in [-0.4, -0.2) is 47.9 Å². The van der Waals surface area contributed by atoms with E-state index in [9.17, 15) is 28.0 Å². The van der Waals surface area contributed by atoms with Crippen LogP contribution in [0, 0.1) is 28.6 Å². The molecule has 2 aliphatic heterocycles. The molecular formula is C14H16F3N4O3+. The maximum atomic E-state index is 12.8. The molecule has 0 spiro atoms. The Morgan fingerprint density at radius 3 is 2.54 bits per heavy atom. The first kappa shape index (κ1) is 18.2. The molecule has 0 aliphatic carbocycles. The van der Waals surface area contributed by atoms with Crippen molar-refractivity contribution in [1.82, 2.24) is 5.32 Å². The molecule has 2 saturated heterocycles. The lowest BCUT2D eigenvalue weighted by Crippen LogP contribution is -2.62. The number of hydrogen-bond donors (Lipinski definition) is 1. The van der Waals surface area contributed by atoms with Crippen LogP contribution in [0.25, 0.3) is 0 Å². The van der Waals surface area contributed by atoms with Crippen molar-refractivity contribution in [3.63, 3.8) is 0 Å². The Hall–Kier alpha value is -2.17. The molecule has 0 aromatic carbocycles. The Labute approximate surface area is 136 Å². The molecule has 2 rings (SSSR count). The van der Waals surface area contributed by atoms with Crippen LogP contribution in [0.3, 0.4) is 0 Å². The molecule has 0 aromatic rings. The predicted octanol–water partition coefficient (Wildman–Crippen LogP) is 0.928. The summed E-state index contributed by atoms with van der Waals surface area (Å²) < 4.78 is 36.6. The minimum atomic E-state index is -5.28. The number of rotatable bonds is 2. The molecule has 24 heavy (non-hydrogen) atoms. The zero-order valence-electron chi connectivity index (χ0n) is 12.7. The third kappa shape index (κ3) is 3.35. The maximum absolute atomic E-state index is 12.8. The van der Waals surface area contributed by atoms with E-state index in [1.54, 1.807) is 6.07 Å². The first-order valence-electron chi connectivity index (χ1n) is 7.47. The fraction of sp³-hybridized carbons (Fsp3) is 0.714. The number of hydrogen-bond acceptors (Lipinski definition) is 6. The topological polar surface area (TPSA) is 103 Å². The average molecular weight is 345 g/mol. The monoisotopic (exact) mass is 345 g/mol. The summed E-state index contributed by atoms with van der Waals surface area (Å²) in [5.41, 5.74) is 0. The van der Waals surface area contributed by atoms with Crippen molar-refractivity contribution in [3.8, 4) is 12.1 Å². The number of quaternary nitrogens is 1. The lowest BCUT2D eigenvalue weighted by atomic mass is 10.0. The number of carbonyl (C=O) groups excluding carboxylic acids is 2. The van der Waals surface area contributed by atoms with Crippen molar-refractivity contribution in [1.29, 1.82) is 10.5 Å². The van der Waals surface area contributed by atoms with Crippen molar-refractivity contribution in [2.45, 2.75) is 43.9 Å². The van der Waals surface area contributed by atoms with Crippen LogP contribution in [0.1, 0.15) is 25.7 Å². The highest BCUT2D eigenvalue weighted by Crippen LogP contribution is 2.37. The zero-order valence-corrected chi connectivity index (χ0v) is 12.7. The minimum Gasteiger partial charge on any atom is -0.302 e. The van der Waals surface area contributed by atoms with E-state index in [4.69, 9.17) is 5.26 Å². The van der Waals surface area contributed by atoms with Gasteiger partial charge in [0.05, 0.1) is 6.07 Å². The third-order valence-electron chi connectivity index (χ3n) is 4.33. The van der Waals surface area contributed by atoms with Crippen molar-refractivity contribution in [3.05, 3.63) is 0 Å². The van der Waals surface area contributed by atoms with E-state index in [2.05, 4.69) is 10.2 Å². The quantitative estimate of drug-likeness (QED) is 0.747. The zero-order chi connectivity index (χ0) is 18.0.